The van der Waals surface area contributed by atoms with Gasteiger partial charge in [-0.25, -0.2) is 9.59 Å². The first-order valence-electron chi connectivity index (χ1n) is 7.71. The number of carboxylic acid groups (broad SMARTS) is 1. The van der Waals surface area contributed by atoms with E-state index in [2.05, 4.69) is 9.47 Å². The molecule has 11 nitrogen and oxygen atoms in total. The molecule has 0 fully saturated rings. The first-order valence-corrected chi connectivity index (χ1v) is 7.71. The minimum atomic E-state index is -0.953. The number of hydrogen-bond donors (Lipinski definition) is 1. The number of aliphatic carboxylic acids is 1. The predicted molar refractivity (Wildman–Crippen MR) is 91.8 cm³/mol. The van der Waals surface area contributed by atoms with E-state index >= 15 is 0 Å². The molecule has 0 aliphatic carbocycles. The van der Waals surface area contributed by atoms with Crippen LogP contribution in [-0.4, -0.2) is 75.8 Å². The molecule has 0 saturated heterocycles. The van der Waals surface area contributed by atoms with Gasteiger partial charge in [-0.3, -0.25) is 10.1 Å². The molecule has 1 N–H and O–H groups in total. The number of nitro groups is 1. The van der Waals surface area contributed by atoms with E-state index in [4.69, 9.17) is 19.3 Å². The van der Waals surface area contributed by atoms with Crippen molar-refractivity contribution in [3.63, 3.8) is 0 Å². The van der Waals surface area contributed by atoms with Gasteiger partial charge in [0.25, 0.3) is 5.69 Å². The Kier molecular flexibility index (Phi) is 14.1. The Bertz CT molecular complexity index is 561. The summed E-state index contributed by atoms with van der Waals surface area (Å²) in [5, 5.41) is 18.5. The number of carbonyl (C=O) groups is 2. The molecule has 0 heterocycles. The summed E-state index contributed by atoms with van der Waals surface area (Å²) in [6.45, 7) is 1.02. The Morgan fingerprint density at radius 1 is 0.963 bits per heavy atom. The summed E-state index contributed by atoms with van der Waals surface area (Å²) in [7, 11) is 3.06. The van der Waals surface area contributed by atoms with Crippen molar-refractivity contribution in [3.05, 3.63) is 34.4 Å². The van der Waals surface area contributed by atoms with Crippen LogP contribution in [0.4, 0.5) is 5.69 Å². The van der Waals surface area contributed by atoms with Crippen LogP contribution in [0.25, 0.3) is 0 Å². The lowest BCUT2D eigenvalue weighted by atomic mass is 10.3. The lowest BCUT2D eigenvalue weighted by Crippen LogP contribution is -2.17. The number of benzene rings is 1. The molecule has 27 heavy (non-hydrogen) atoms. The van der Waals surface area contributed by atoms with Crippen LogP contribution in [0.1, 0.15) is 0 Å². The van der Waals surface area contributed by atoms with Crippen LogP contribution in [0.3, 0.4) is 0 Å². The molecule has 0 amide bonds. The summed E-state index contributed by atoms with van der Waals surface area (Å²) in [4.78, 5) is 30.9. The van der Waals surface area contributed by atoms with E-state index in [1.54, 1.807) is 0 Å². The molecule has 0 saturated carbocycles. The van der Waals surface area contributed by atoms with Crippen LogP contribution in [0.15, 0.2) is 24.3 Å². The van der Waals surface area contributed by atoms with Crippen LogP contribution >= 0.6 is 0 Å². The Hall–Kier alpha value is -2.60. The van der Waals surface area contributed by atoms with Gasteiger partial charge in [0, 0.05) is 26.4 Å². The summed E-state index contributed by atoms with van der Waals surface area (Å²) in [5.41, 5.74) is -0.0638. The van der Waals surface area contributed by atoms with E-state index in [0.29, 0.717) is 26.4 Å². The van der Waals surface area contributed by atoms with Crippen LogP contribution in [0.5, 0.6) is 5.75 Å². The van der Waals surface area contributed by atoms with E-state index in [1.807, 2.05) is 0 Å². The minimum Gasteiger partial charge on any atom is -0.480 e. The van der Waals surface area contributed by atoms with E-state index in [1.165, 1.54) is 38.5 Å². The minimum absolute atomic E-state index is 0.0638. The van der Waals surface area contributed by atoms with Crippen LogP contribution in [0, 0.1) is 10.1 Å². The van der Waals surface area contributed by atoms with Crippen molar-refractivity contribution in [1.82, 2.24) is 0 Å². The van der Waals surface area contributed by atoms with Crippen molar-refractivity contribution in [1.29, 1.82) is 0 Å². The summed E-state index contributed by atoms with van der Waals surface area (Å²) in [6, 6.07) is 5.22. The average molecular weight is 389 g/mol. The Labute approximate surface area is 155 Å². The number of nitrogens with zero attached hydrogens (tertiary/aromatic N) is 1. The normalized spacial score (nSPS) is 9.85. The monoisotopic (exact) mass is 389 g/mol. The van der Waals surface area contributed by atoms with Gasteiger partial charge in [0.1, 0.15) is 19.0 Å². The highest BCUT2D eigenvalue weighted by atomic mass is 16.6. The Morgan fingerprint density at radius 2 is 1.48 bits per heavy atom. The molecule has 1 aromatic carbocycles. The highest BCUT2D eigenvalue weighted by Gasteiger charge is 2.08. The predicted octanol–water partition coefficient (Wildman–Crippen LogP) is 0.897. The Balaban J connectivity index is 0.000000636. The van der Waals surface area contributed by atoms with Crippen molar-refractivity contribution in [2.45, 2.75) is 0 Å². The van der Waals surface area contributed by atoms with Crippen molar-refractivity contribution >= 4 is 17.6 Å². The van der Waals surface area contributed by atoms with E-state index in [9.17, 15) is 19.7 Å². The maximum atomic E-state index is 11.3. The quantitative estimate of drug-likeness (QED) is 0.180. The topological polar surface area (TPSA) is 144 Å². The summed E-state index contributed by atoms with van der Waals surface area (Å²) in [6.07, 6.45) is 0. The third-order valence-electron chi connectivity index (χ3n) is 2.59. The van der Waals surface area contributed by atoms with E-state index in [-0.39, 0.29) is 24.7 Å². The number of esters is 1. The SMILES string of the molecule is COCCOCC(=O)O.COCCOCC(=O)Oc1ccc([N+](=O)[O-])cc1. The van der Waals surface area contributed by atoms with Gasteiger partial charge in [0.15, 0.2) is 0 Å². The van der Waals surface area contributed by atoms with Gasteiger partial charge in [-0.05, 0) is 12.1 Å². The Morgan fingerprint density at radius 3 is 1.93 bits per heavy atom. The van der Waals surface area contributed by atoms with Crippen molar-refractivity contribution < 1.29 is 43.3 Å². The fourth-order valence-corrected chi connectivity index (χ4v) is 1.40. The lowest BCUT2D eigenvalue weighted by molar-refractivity contribution is -0.384. The molecular formula is C16H23NO10. The van der Waals surface area contributed by atoms with Gasteiger partial charge in [-0.1, -0.05) is 0 Å². The number of methoxy groups -OCH3 is 2. The van der Waals surface area contributed by atoms with Gasteiger partial charge < -0.3 is 28.8 Å². The summed E-state index contributed by atoms with van der Waals surface area (Å²) in [5.74, 6) is -1.29. The zero-order valence-corrected chi connectivity index (χ0v) is 15.1. The second-order valence-electron chi connectivity index (χ2n) is 4.71. The molecule has 11 heteroatoms. The number of nitro benzene ring substituents is 1. The highest BCUT2D eigenvalue weighted by molar-refractivity contribution is 5.73. The molecule has 0 unspecified atom stereocenters. The number of rotatable bonds is 12. The molecule has 152 valence electrons. The van der Waals surface area contributed by atoms with Crippen LogP contribution < -0.4 is 4.74 Å². The second-order valence-corrected chi connectivity index (χ2v) is 4.71. The van der Waals surface area contributed by atoms with Gasteiger partial charge in [-0.2, -0.15) is 0 Å². The molecule has 0 spiro atoms. The fourth-order valence-electron chi connectivity index (χ4n) is 1.40. The molecular weight excluding hydrogens is 366 g/mol. The molecule has 0 aromatic heterocycles. The van der Waals surface area contributed by atoms with Crippen molar-refractivity contribution in [2.24, 2.45) is 0 Å². The van der Waals surface area contributed by atoms with Gasteiger partial charge >= 0.3 is 11.9 Å². The van der Waals surface area contributed by atoms with Gasteiger partial charge in [-0.15, -0.1) is 0 Å². The lowest BCUT2D eigenvalue weighted by Gasteiger charge is -2.04. The maximum Gasteiger partial charge on any atom is 0.337 e. The van der Waals surface area contributed by atoms with Crippen LogP contribution in [-0.2, 0) is 28.5 Å². The van der Waals surface area contributed by atoms with Crippen molar-refractivity contribution in [3.8, 4) is 5.75 Å². The molecule has 0 radical (unpaired) electrons. The third kappa shape index (κ3) is 14.3. The first-order chi connectivity index (χ1) is 12.9. The molecule has 1 aromatic rings. The smallest absolute Gasteiger partial charge is 0.337 e. The average Bonchev–Trinajstić information content (AvgIpc) is 2.63. The molecule has 0 bridgehead atoms. The van der Waals surface area contributed by atoms with Gasteiger partial charge in [0.2, 0.25) is 0 Å². The number of carboxylic acids is 1. The number of ether oxygens (including phenoxy) is 5. The number of carbonyl (C=O) groups excluding carboxylic acids is 1. The zero-order chi connectivity index (χ0) is 20.5. The van der Waals surface area contributed by atoms with Gasteiger partial charge in [0.05, 0.1) is 31.4 Å². The standard InChI is InChI=1S/C11H13NO6.C5H10O4/c1-16-6-7-17-8-11(13)18-10-4-2-9(3-5-10)12(14)15;1-8-2-3-9-4-5(6)7/h2-5H,6-8H2,1H3;2-4H2,1H3,(H,6,7). The molecule has 1 rings (SSSR count). The van der Waals surface area contributed by atoms with Crippen molar-refractivity contribution in [2.75, 3.05) is 53.9 Å². The molecule has 0 aliphatic heterocycles. The van der Waals surface area contributed by atoms with E-state index in [0.717, 1.165) is 0 Å². The zero-order valence-electron chi connectivity index (χ0n) is 15.1. The van der Waals surface area contributed by atoms with E-state index < -0.39 is 16.9 Å². The number of non-ortho nitro benzene ring substituents is 1. The third-order valence-corrected chi connectivity index (χ3v) is 2.59. The summed E-state index contributed by atoms with van der Waals surface area (Å²) >= 11 is 0. The molecule has 0 atom stereocenters. The summed E-state index contributed by atoms with van der Waals surface area (Å²) < 4.78 is 23.8. The second kappa shape index (κ2) is 15.6. The number of hydrogen-bond acceptors (Lipinski definition) is 9. The largest absolute Gasteiger partial charge is 0.480 e. The molecule has 0 aliphatic rings. The highest BCUT2D eigenvalue weighted by Crippen LogP contribution is 2.17. The van der Waals surface area contributed by atoms with Crippen LogP contribution in [0.2, 0.25) is 0 Å². The maximum absolute atomic E-state index is 11.3. The fraction of sp³-hybridized carbons (Fsp3) is 0.500. The first kappa shape index (κ1) is 24.4.